The lowest BCUT2D eigenvalue weighted by Crippen LogP contribution is -2.27. The van der Waals surface area contributed by atoms with Crippen molar-refractivity contribution in [2.75, 3.05) is 0 Å². The third kappa shape index (κ3) is 11.4. The molecule has 0 saturated heterocycles. The smallest absolute Gasteiger partial charge is 0.306 e. The summed E-state index contributed by atoms with van der Waals surface area (Å²) >= 11 is 0. The second kappa shape index (κ2) is 12.3. The normalized spacial score (nSPS) is 13.6. The predicted octanol–water partition coefficient (Wildman–Crippen LogP) is 5.99. The van der Waals surface area contributed by atoms with Crippen LogP contribution < -0.4 is 0 Å². The highest BCUT2D eigenvalue weighted by Crippen LogP contribution is 2.18. The van der Waals surface area contributed by atoms with Gasteiger partial charge in [-0.2, -0.15) is 0 Å². The third-order valence-corrected chi connectivity index (χ3v) is 3.50. The molecular formula is C20H34O2. The Kier molecular flexibility index (Phi) is 11.5. The van der Waals surface area contributed by atoms with Gasteiger partial charge in [0.2, 0.25) is 0 Å². The lowest BCUT2D eigenvalue weighted by Gasteiger charge is -2.23. The molecule has 0 N–H and O–H groups in total. The molecule has 0 rings (SSSR count). The van der Waals surface area contributed by atoms with E-state index in [4.69, 9.17) is 4.74 Å². The summed E-state index contributed by atoms with van der Waals surface area (Å²) in [6.45, 7) is 12.0. The highest BCUT2D eigenvalue weighted by molar-refractivity contribution is 5.69. The summed E-state index contributed by atoms with van der Waals surface area (Å²) in [6, 6.07) is 0. The lowest BCUT2D eigenvalue weighted by atomic mass is 9.98. The predicted molar refractivity (Wildman–Crippen MR) is 95.8 cm³/mol. The Morgan fingerprint density at radius 1 is 1.18 bits per heavy atom. The van der Waals surface area contributed by atoms with Gasteiger partial charge in [0.05, 0.1) is 0 Å². The molecule has 1 atom stereocenters. The SMILES string of the molecule is C=CC(CC=CCC)CCC=CCC(C)(C)OC(=O)CCC. The topological polar surface area (TPSA) is 26.3 Å². The number of hydrogen-bond donors (Lipinski definition) is 0. The first-order valence-electron chi connectivity index (χ1n) is 8.59. The Bertz CT molecular complexity index is 364. The first-order valence-corrected chi connectivity index (χ1v) is 8.59. The number of ether oxygens (including phenoxy) is 1. The van der Waals surface area contributed by atoms with Gasteiger partial charge in [0, 0.05) is 12.8 Å². The minimum absolute atomic E-state index is 0.102. The van der Waals surface area contributed by atoms with Crippen molar-refractivity contribution in [2.24, 2.45) is 5.92 Å². The van der Waals surface area contributed by atoms with Gasteiger partial charge in [-0.15, -0.1) is 6.58 Å². The van der Waals surface area contributed by atoms with E-state index in [2.05, 4.69) is 37.8 Å². The maximum Gasteiger partial charge on any atom is 0.306 e. The zero-order valence-electron chi connectivity index (χ0n) is 14.9. The summed E-state index contributed by atoms with van der Waals surface area (Å²) in [5.41, 5.74) is -0.412. The summed E-state index contributed by atoms with van der Waals surface area (Å²) < 4.78 is 5.48. The van der Waals surface area contributed by atoms with Crippen molar-refractivity contribution in [3.8, 4) is 0 Å². The highest BCUT2D eigenvalue weighted by atomic mass is 16.6. The quantitative estimate of drug-likeness (QED) is 0.327. The minimum Gasteiger partial charge on any atom is -0.459 e. The van der Waals surface area contributed by atoms with Crippen LogP contribution in [0.2, 0.25) is 0 Å². The third-order valence-electron chi connectivity index (χ3n) is 3.50. The van der Waals surface area contributed by atoms with E-state index in [9.17, 15) is 4.79 Å². The van der Waals surface area contributed by atoms with Gasteiger partial charge in [0.15, 0.2) is 0 Å². The van der Waals surface area contributed by atoms with Crippen LogP contribution in [0.25, 0.3) is 0 Å². The Hall–Kier alpha value is -1.31. The summed E-state index contributed by atoms with van der Waals surface area (Å²) in [5.74, 6) is 0.443. The number of allylic oxidation sites excluding steroid dienone is 4. The van der Waals surface area contributed by atoms with Crippen molar-refractivity contribution in [1.29, 1.82) is 0 Å². The molecule has 0 spiro atoms. The van der Waals surface area contributed by atoms with Gasteiger partial charge in [0.1, 0.15) is 5.60 Å². The zero-order valence-corrected chi connectivity index (χ0v) is 14.9. The first kappa shape index (κ1) is 20.7. The number of carbonyl (C=O) groups is 1. The zero-order chi connectivity index (χ0) is 16.8. The summed E-state index contributed by atoms with van der Waals surface area (Å²) in [4.78, 5) is 11.5. The van der Waals surface area contributed by atoms with Gasteiger partial charge in [-0.3, -0.25) is 4.79 Å². The molecule has 0 aliphatic heterocycles. The molecule has 0 aromatic heterocycles. The number of esters is 1. The van der Waals surface area contributed by atoms with Crippen molar-refractivity contribution in [3.63, 3.8) is 0 Å². The molecule has 1 unspecified atom stereocenters. The maximum absolute atomic E-state index is 11.5. The molecular weight excluding hydrogens is 272 g/mol. The van der Waals surface area contributed by atoms with Crippen LogP contribution >= 0.6 is 0 Å². The largest absolute Gasteiger partial charge is 0.459 e. The monoisotopic (exact) mass is 306 g/mol. The van der Waals surface area contributed by atoms with Crippen LogP contribution in [0.15, 0.2) is 37.0 Å². The molecule has 22 heavy (non-hydrogen) atoms. The van der Waals surface area contributed by atoms with Gasteiger partial charge in [0.25, 0.3) is 0 Å². The second-order valence-corrected chi connectivity index (χ2v) is 6.35. The van der Waals surface area contributed by atoms with Gasteiger partial charge < -0.3 is 4.74 Å². The van der Waals surface area contributed by atoms with E-state index in [1.54, 1.807) is 0 Å². The van der Waals surface area contributed by atoms with Gasteiger partial charge >= 0.3 is 5.97 Å². The van der Waals surface area contributed by atoms with Gasteiger partial charge in [-0.05, 0) is 51.9 Å². The molecule has 0 aliphatic carbocycles. The van der Waals surface area contributed by atoms with Crippen LogP contribution in [-0.2, 0) is 9.53 Å². The van der Waals surface area contributed by atoms with E-state index in [1.807, 2.05) is 26.8 Å². The minimum atomic E-state index is -0.412. The summed E-state index contributed by atoms with van der Waals surface area (Å²) in [7, 11) is 0. The van der Waals surface area contributed by atoms with Crippen molar-refractivity contribution >= 4 is 5.97 Å². The molecule has 0 fully saturated rings. The maximum atomic E-state index is 11.5. The number of rotatable bonds is 12. The van der Waals surface area contributed by atoms with Crippen LogP contribution in [0.5, 0.6) is 0 Å². The first-order chi connectivity index (χ1) is 10.4. The van der Waals surface area contributed by atoms with Crippen molar-refractivity contribution < 1.29 is 9.53 Å². The fourth-order valence-corrected chi connectivity index (χ4v) is 2.17. The van der Waals surface area contributed by atoms with Crippen molar-refractivity contribution in [2.45, 2.75) is 78.2 Å². The molecule has 0 aromatic carbocycles. The van der Waals surface area contributed by atoms with E-state index >= 15 is 0 Å². The molecule has 2 heteroatoms. The van der Waals surface area contributed by atoms with Crippen LogP contribution in [0.1, 0.15) is 72.6 Å². The average molecular weight is 306 g/mol. The van der Waals surface area contributed by atoms with E-state index in [0.29, 0.717) is 12.3 Å². The van der Waals surface area contributed by atoms with Crippen LogP contribution in [0, 0.1) is 5.92 Å². The molecule has 0 radical (unpaired) electrons. The van der Waals surface area contributed by atoms with E-state index < -0.39 is 5.60 Å². The fourth-order valence-electron chi connectivity index (χ4n) is 2.17. The summed E-state index contributed by atoms with van der Waals surface area (Å²) in [5, 5.41) is 0. The Morgan fingerprint density at radius 3 is 2.50 bits per heavy atom. The lowest BCUT2D eigenvalue weighted by molar-refractivity contribution is -0.156. The molecule has 126 valence electrons. The molecule has 0 amide bonds. The molecule has 0 aromatic rings. The number of carbonyl (C=O) groups excluding carboxylic acids is 1. The van der Waals surface area contributed by atoms with Crippen LogP contribution in [-0.4, -0.2) is 11.6 Å². The van der Waals surface area contributed by atoms with E-state index in [1.165, 1.54) is 0 Å². The van der Waals surface area contributed by atoms with Crippen LogP contribution in [0.3, 0.4) is 0 Å². The fraction of sp³-hybridized carbons (Fsp3) is 0.650. The highest BCUT2D eigenvalue weighted by Gasteiger charge is 2.20. The molecule has 0 saturated carbocycles. The Morgan fingerprint density at radius 2 is 1.91 bits per heavy atom. The van der Waals surface area contributed by atoms with Crippen LogP contribution in [0.4, 0.5) is 0 Å². The summed E-state index contributed by atoms with van der Waals surface area (Å²) in [6.07, 6.45) is 17.2. The van der Waals surface area contributed by atoms with Crippen molar-refractivity contribution in [1.82, 2.24) is 0 Å². The second-order valence-electron chi connectivity index (χ2n) is 6.35. The van der Waals surface area contributed by atoms with Gasteiger partial charge in [-0.25, -0.2) is 0 Å². The van der Waals surface area contributed by atoms with Crippen molar-refractivity contribution in [3.05, 3.63) is 37.0 Å². The number of hydrogen-bond acceptors (Lipinski definition) is 2. The molecule has 0 aliphatic rings. The standard InChI is InChI=1S/C20H34O2/c1-6-9-11-15-18(8-3)16-12-10-13-17-20(4,5)22-19(21)14-7-2/h8-11,13,18H,3,6-7,12,14-17H2,1-2,4-5H3. The molecule has 2 nitrogen and oxygen atoms in total. The Labute approximate surface area is 137 Å². The molecule has 0 heterocycles. The Balaban J connectivity index is 4.03. The average Bonchev–Trinajstić information content (AvgIpc) is 2.44. The van der Waals surface area contributed by atoms with E-state index in [-0.39, 0.29) is 5.97 Å². The molecule has 0 bridgehead atoms. The van der Waals surface area contributed by atoms with Gasteiger partial charge in [-0.1, -0.05) is 44.2 Å². The van der Waals surface area contributed by atoms with E-state index in [0.717, 1.165) is 38.5 Å².